The van der Waals surface area contributed by atoms with Crippen LogP contribution in [-0.2, 0) is 19.4 Å². The van der Waals surface area contributed by atoms with Crippen molar-refractivity contribution in [3.63, 3.8) is 0 Å². The molecule has 170 valence electrons. The van der Waals surface area contributed by atoms with Gasteiger partial charge in [-0.05, 0) is 63.9 Å². The van der Waals surface area contributed by atoms with E-state index in [1.165, 1.54) is 62.0 Å². The molecule has 0 saturated heterocycles. The topological polar surface area (TPSA) is 3.88 Å². The smallest absolute Gasteiger partial charge is 0.189 e. The SMILES string of the molecule is c1ccc(C[n+]2ccc3ccccc3c2CCCCc2c3ccccc3cc3ccccc23)cc1. The summed E-state index contributed by atoms with van der Waals surface area (Å²) in [5.41, 5.74) is 4.28. The second-order valence-corrected chi connectivity index (χ2v) is 9.47. The molecule has 0 amide bonds. The number of unbranched alkanes of at least 4 members (excludes halogenated alkanes) is 1. The Kier molecular flexibility index (Phi) is 5.99. The molecule has 0 spiro atoms. The zero-order valence-electron chi connectivity index (χ0n) is 20.0. The molecule has 6 aromatic rings. The summed E-state index contributed by atoms with van der Waals surface area (Å²) in [6.07, 6.45) is 6.79. The highest BCUT2D eigenvalue weighted by Crippen LogP contribution is 2.30. The fourth-order valence-corrected chi connectivity index (χ4v) is 5.50. The molecule has 6 rings (SSSR count). The first-order valence-corrected chi connectivity index (χ1v) is 12.7. The summed E-state index contributed by atoms with van der Waals surface area (Å²) < 4.78 is 2.45. The maximum atomic E-state index is 2.45. The highest BCUT2D eigenvalue weighted by molar-refractivity contribution is 6.02. The fraction of sp³-hybridized carbons (Fsp3) is 0.147. The Morgan fingerprint density at radius 1 is 0.486 bits per heavy atom. The third-order valence-corrected chi connectivity index (χ3v) is 7.22. The second kappa shape index (κ2) is 9.72. The van der Waals surface area contributed by atoms with Crippen molar-refractivity contribution in [3.8, 4) is 0 Å². The van der Waals surface area contributed by atoms with E-state index in [2.05, 4.69) is 126 Å². The molecule has 0 aliphatic heterocycles. The molecule has 5 aromatic carbocycles. The number of benzene rings is 5. The minimum absolute atomic E-state index is 0.912. The largest absolute Gasteiger partial charge is 0.198 e. The van der Waals surface area contributed by atoms with Gasteiger partial charge in [-0.1, -0.05) is 97.1 Å². The van der Waals surface area contributed by atoms with Gasteiger partial charge in [0.2, 0.25) is 0 Å². The molecular formula is C34H30N+. The first-order valence-electron chi connectivity index (χ1n) is 12.7. The van der Waals surface area contributed by atoms with Crippen LogP contribution in [0.2, 0.25) is 0 Å². The van der Waals surface area contributed by atoms with Crippen molar-refractivity contribution in [2.75, 3.05) is 0 Å². The van der Waals surface area contributed by atoms with Crippen molar-refractivity contribution in [1.82, 2.24) is 0 Å². The summed E-state index contributed by atoms with van der Waals surface area (Å²) in [5, 5.41) is 8.19. The molecule has 1 nitrogen and oxygen atoms in total. The molecule has 1 heterocycles. The van der Waals surface area contributed by atoms with E-state index in [1.807, 2.05) is 0 Å². The molecule has 35 heavy (non-hydrogen) atoms. The van der Waals surface area contributed by atoms with E-state index in [4.69, 9.17) is 0 Å². The lowest BCUT2D eigenvalue weighted by Gasteiger charge is -2.12. The predicted molar refractivity (Wildman–Crippen MR) is 148 cm³/mol. The molecule has 1 aromatic heterocycles. The van der Waals surface area contributed by atoms with E-state index in [9.17, 15) is 0 Å². The lowest BCUT2D eigenvalue weighted by atomic mass is 9.93. The number of hydrogen-bond donors (Lipinski definition) is 0. The summed E-state index contributed by atoms with van der Waals surface area (Å²) in [6.45, 7) is 0.912. The van der Waals surface area contributed by atoms with Crippen LogP contribution in [0, 0.1) is 0 Å². The molecule has 0 fully saturated rings. The van der Waals surface area contributed by atoms with Crippen LogP contribution in [0.15, 0.2) is 121 Å². The van der Waals surface area contributed by atoms with Crippen LogP contribution in [0.25, 0.3) is 32.3 Å². The van der Waals surface area contributed by atoms with Gasteiger partial charge in [0.1, 0.15) is 0 Å². The molecular weight excluding hydrogens is 422 g/mol. The number of aryl methyl sites for hydroxylation is 2. The van der Waals surface area contributed by atoms with Gasteiger partial charge in [-0.25, -0.2) is 0 Å². The number of aromatic nitrogens is 1. The lowest BCUT2D eigenvalue weighted by molar-refractivity contribution is -0.694. The normalized spacial score (nSPS) is 11.4. The average Bonchev–Trinajstić information content (AvgIpc) is 2.92. The van der Waals surface area contributed by atoms with Gasteiger partial charge in [0.25, 0.3) is 0 Å². The van der Waals surface area contributed by atoms with Gasteiger partial charge in [0, 0.05) is 23.4 Å². The molecule has 0 aliphatic carbocycles. The third kappa shape index (κ3) is 4.42. The van der Waals surface area contributed by atoms with Crippen LogP contribution in [0.1, 0.15) is 29.7 Å². The quantitative estimate of drug-likeness (QED) is 0.131. The van der Waals surface area contributed by atoms with E-state index in [1.54, 1.807) is 0 Å². The minimum atomic E-state index is 0.912. The number of fused-ring (bicyclic) bond motifs is 3. The minimum Gasteiger partial charge on any atom is -0.198 e. The monoisotopic (exact) mass is 452 g/mol. The molecule has 0 atom stereocenters. The first kappa shape index (κ1) is 21.6. The number of hydrogen-bond acceptors (Lipinski definition) is 0. The van der Waals surface area contributed by atoms with E-state index in [0.29, 0.717) is 0 Å². The van der Waals surface area contributed by atoms with Gasteiger partial charge < -0.3 is 0 Å². The zero-order valence-corrected chi connectivity index (χ0v) is 20.0. The molecule has 0 aliphatic rings. The molecule has 1 heteroatoms. The second-order valence-electron chi connectivity index (χ2n) is 9.47. The highest BCUT2D eigenvalue weighted by Gasteiger charge is 2.16. The molecule has 0 bridgehead atoms. The van der Waals surface area contributed by atoms with E-state index >= 15 is 0 Å². The van der Waals surface area contributed by atoms with E-state index < -0.39 is 0 Å². The Hall–Kier alpha value is -3.97. The predicted octanol–water partition coefficient (Wildman–Crippen LogP) is 8.05. The summed E-state index contributed by atoms with van der Waals surface area (Å²) in [4.78, 5) is 0. The Bertz CT molecular complexity index is 1560. The lowest BCUT2D eigenvalue weighted by Crippen LogP contribution is -2.38. The van der Waals surface area contributed by atoms with Gasteiger partial charge in [-0.15, -0.1) is 0 Å². The third-order valence-electron chi connectivity index (χ3n) is 7.22. The molecule has 0 N–H and O–H groups in total. The van der Waals surface area contributed by atoms with E-state index in [-0.39, 0.29) is 0 Å². The Labute approximate surface area is 207 Å². The maximum absolute atomic E-state index is 2.45. The van der Waals surface area contributed by atoms with Crippen molar-refractivity contribution < 1.29 is 4.57 Å². The summed E-state index contributed by atoms with van der Waals surface area (Å²) in [5.74, 6) is 0. The van der Waals surface area contributed by atoms with Gasteiger partial charge in [-0.3, -0.25) is 0 Å². The molecule has 0 unspecified atom stereocenters. The Balaban J connectivity index is 1.28. The summed E-state index contributed by atoms with van der Waals surface area (Å²) >= 11 is 0. The van der Waals surface area contributed by atoms with Crippen LogP contribution in [0.3, 0.4) is 0 Å². The average molecular weight is 453 g/mol. The van der Waals surface area contributed by atoms with Crippen LogP contribution in [0.5, 0.6) is 0 Å². The van der Waals surface area contributed by atoms with Crippen molar-refractivity contribution in [2.24, 2.45) is 0 Å². The van der Waals surface area contributed by atoms with Crippen molar-refractivity contribution in [1.29, 1.82) is 0 Å². The van der Waals surface area contributed by atoms with Gasteiger partial charge >= 0.3 is 0 Å². The van der Waals surface area contributed by atoms with Crippen molar-refractivity contribution in [3.05, 3.63) is 138 Å². The van der Waals surface area contributed by atoms with Crippen LogP contribution < -0.4 is 4.57 Å². The zero-order chi connectivity index (χ0) is 23.5. The van der Waals surface area contributed by atoms with Gasteiger partial charge in [0.05, 0.1) is 0 Å². The number of nitrogens with zero attached hydrogens (tertiary/aromatic N) is 1. The summed E-state index contributed by atoms with van der Waals surface area (Å²) in [7, 11) is 0. The molecule has 0 saturated carbocycles. The fourth-order valence-electron chi connectivity index (χ4n) is 5.50. The van der Waals surface area contributed by atoms with Gasteiger partial charge in [-0.2, -0.15) is 4.57 Å². The molecule has 0 radical (unpaired) electrons. The van der Waals surface area contributed by atoms with E-state index in [0.717, 1.165) is 19.4 Å². The van der Waals surface area contributed by atoms with Crippen molar-refractivity contribution >= 4 is 32.3 Å². The number of pyridine rings is 1. The van der Waals surface area contributed by atoms with Crippen LogP contribution in [-0.4, -0.2) is 0 Å². The maximum Gasteiger partial charge on any atom is 0.189 e. The highest BCUT2D eigenvalue weighted by atomic mass is 15.0. The van der Waals surface area contributed by atoms with Crippen LogP contribution in [0.4, 0.5) is 0 Å². The first-order chi connectivity index (χ1) is 17.4. The Morgan fingerprint density at radius 2 is 1.06 bits per heavy atom. The Morgan fingerprint density at radius 3 is 1.77 bits per heavy atom. The van der Waals surface area contributed by atoms with Crippen LogP contribution >= 0.6 is 0 Å². The van der Waals surface area contributed by atoms with Gasteiger partial charge in [0.15, 0.2) is 18.4 Å². The van der Waals surface area contributed by atoms with Crippen molar-refractivity contribution in [2.45, 2.75) is 32.2 Å². The number of rotatable bonds is 7. The summed E-state index contributed by atoms with van der Waals surface area (Å²) in [6, 6.07) is 41.9. The standard InChI is InChI=1S/C34H30N/c1-2-12-26(13-3-1)25-35-23-22-27-14-4-9-19-32(27)34(35)21-11-10-20-33-30-17-7-5-15-28(30)24-29-16-6-8-18-31(29)33/h1-9,12-19,22-24H,10-11,20-21,25H2/q+1.